The van der Waals surface area contributed by atoms with Crippen LogP contribution in [0.2, 0.25) is 0 Å². The zero-order valence-electron chi connectivity index (χ0n) is 11.3. The van der Waals surface area contributed by atoms with Gasteiger partial charge in [0.05, 0.1) is 7.11 Å². The lowest BCUT2D eigenvalue weighted by atomic mass is 9.97. The predicted octanol–water partition coefficient (Wildman–Crippen LogP) is 3.43. The van der Waals surface area contributed by atoms with Crippen LogP contribution in [-0.2, 0) is 4.74 Å². The Morgan fingerprint density at radius 2 is 1.90 bits per heavy atom. The van der Waals surface area contributed by atoms with E-state index >= 15 is 0 Å². The van der Waals surface area contributed by atoms with Crippen molar-refractivity contribution in [2.45, 2.75) is 13.8 Å². The fourth-order valence-electron chi connectivity index (χ4n) is 2.14. The number of aromatic nitrogens is 1. The van der Waals surface area contributed by atoms with E-state index in [4.69, 9.17) is 0 Å². The highest BCUT2D eigenvalue weighted by atomic mass is 19.1. The molecule has 0 N–H and O–H groups in total. The maximum absolute atomic E-state index is 14.4. The number of halogens is 2. The number of rotatable bonds is 2. The molecule has 2 aromatic rings. The summed E-state index contributed by atoms with van der Waals surface area (Å²) < 4.78 is 32.5. The first-order valence-electron chi connectivity index (χ1n) is 5.96. The van der Waals surface area contributed by atoms with Gasteiger partial charge in [0.25, 0.3) is 0 Å². The van der Waals surface area contributed by atoms with E-state index in [-0.39, 0.29) is 5.56 Å². The standard InChI is InChI=1S/C15H13F2NO2/c1-8-6-7-18-9(2)12(8)10-4-5-11(16)13(14(10)17)15(19)20-3/h4-7H,1-3H3. The van der Waals surface area contributed by atoms with Gasteiger partial charge in [0.1, 0.15) is 17.2 Å². The van der Waals surface area contributed by atoms with Crippen molar-refractivity contribution in [3.8, 4) is 11.1 Å². The highest BCUT2D eigenvalue weighted by Crippen LogP contribution is 2.31. The van der Waals surface area contributed by atoms with Crippen LogP contribution in [-0.4, -0.2) is 18.1 Å². The minimum atomic E-state index is -1.04. The lowest BCUT2D eigenvalue weighted by Crippen LogP contribution is -2.09. The molecule has 20 heavy (non-hydrogen) atoms. The molecule has 0 saturated heterocycles. The largest absolute Gasteiger partial charge is 0.465 e. The Balaban J connectivity index is 2.74. The summed E-state index contributed by atoms with van der Waals surface area (Å²) in [6, 6.07) is 4.08. The van der Waals surface area contributed by atoms with Crippen LogP contribution in [0, 0.1) is 25.5 Å². The SMILES string of the molecule is COC(=O)c1c(F)ccc(-c2c(C)ccnc2C)c1F. The third-order valence-corrected chi connectivity index (χ3v) is 3.10. The van der Waals surface area contributed by atoms with Crippen molar-refractivity contribution in [2.75, 3.05) is 7.11 Å². The van der Waals surface area contributed by atoms with Gasteiger partial charge in [0.2, 0.25) is 0 Å². The number of carbonyl (C=O) groups is 1. The Kier molecular flexibility index (Phi) is 3.79. The fraction of sp³-hybridized carbons (Fsp3) is 0.200. The number of esters is 1. The van der Waals surface area contributed by atoms with Gasteiger partial charge in [-0.1, -0.05) is 0 Å². The number of aryl methyl sites for hydroxylation is 2. The maximum Gasteiger partial charge on any atom is 0.343 e. The summed E-state index contributed by atoms with van der Waals surface area (Å²) in [5.41, 5.74) is 1.39. The van der Waals surface area contributed by atoms with E-state index in [9.17, 15) is 13.6 Å². The number of hydrogen-bond donors (Lipinski definition) is 0. The number of methoxy groups -OCH3 is 1. The van der Waals surface area contributed by atoms with E-state index in [1.54, 1.807) is 26.1 Å². The molecule has 0 aliphatic rings. The van der Waals surface area contributed by atoms with E-state index in [1.807, 2.05) is 0 Å². The molecule has 1 heterocycles. The summed E-state index contributed by atoms with van der Waals surface area (Å²) in [7, 11) is 1.08. The molecule has 1 aromatic carbocycles. The Morgan fingerprint density at radius 1 is 1.20 bits per heavy atom. The fourth-order valence-corrected chi connectivity index (χ4v) is 2.14. The second-order valence-corrected chi connectivity index (χ2v) is 4.36. The lowest BCUT2D eigenvalue weighted by Gasteiger charge is -2.12. The molecule has 0 saturated carbocycles. The monoisotopic (exact) mass is 277 g/mol. The molecule has 0 fully saturated rings. The van der Waals surface area contributed by atoms with Crippen LogP contribution in [0.1, 0.15) is 21.6 Å². The van der Waals surface area contributed by atoms with E-state index < -0.39 is 23.2 Å². The summed E-state index contributed by atoms with van der Waals surface area (Å²) in [5, 5.41) is 0. The topological polar surface area (TPSA) is 39.2 Å². The number of pyridine rings is 1. The average molecular weight is 277 g/mol. The number of nitrogens with zero attached hydrogens (tertiary/aromatic N) is 1. The highest BCUT2D eigenvalue weighted by molar-refractivity contribution is 5.92. The molecule has 2 rings (SSSR count). The Morgan fingerprint density at radius 3 is 2.50 bits per heavy atom. The van der Waals surface area contributed by atoms with Gasteiger partial charge in [-0.2, -0.15) is 0 Å². The molecule has 1 aromatic heterocycles. The molecule has 0 spiro atoms. The number of hydrogen-bond acceptors (Lipinski definition) is 3. The zero-order chi connectivity index (χ0) is 14.9. The maximum atomic E-state index is 14.4. The van der Waals surface area contributed by atoms with E-state index in [0.29, 0.717) is 11.3 Å². The van der Waals surface area contributed by atoms with Crippen LogP contribution in [0.3, 0.4) is 0 Å². The van der Waals surface area contributed by atoms with Gasteiger partial charge >= 0.3 is 5.97 Å². The van der Waals surface area contributed by atoms with Crippen molar-refractivity contribution >= 4 is 5.97 Å². The summed E-state index contributed by atoms with van der Waals surface area (Å²) in [6.07, 6.45) is 1.61. The van der Waals surface area contributed by atoms with Crippen LogP contribution in [0.25, 0.3) is 11.1 Å². The zero-order valence-corrected chi connectivity index (χ0v) is 11.3. The third kappa shape index (κ3) is 2.27. The Hall–Kier alpha value is -2.30. The number of carbonyl (C=O) groups excluding carboxylic acids is 1. The van der Waals surface area contributed by atoms with E-state index in [0.717, 1.165) is 18.7 Å². The molecule has 5 heteroatoms. The summed E-state index contributed by atoms with van der Waals surface area (Å²) in [4.78, 5) is 15.6. The second-order valence-electron chi connectivity index (χ2n) is 4.36. The lowest BCUT2D eigenvalue weighted by molar-refractivity contribution is 0.0590. The van der Waals surface area contributed by atoms with Crippen molar-refractivity contribution in [1.29, 1.82) is 0 Å². The quantitative estimate of drug-likeness (QED) is 0.789. The van der Waals surface area contributed by atoms with Gasteiger partial charge in [-0.25, -0.2) is 13.6 Å². The molecule has 0 atom stereocenters. The van der Waals surface area contributed by atoms with Gasteiger partial charge < -0.3 is 4.74 Å². The Labute approximate surface area is 115 Å². The first-order valence-corrected chi connectivity index (χ1v) is 5.96. The van der Waals surface area contributed by atoms with Crippen LogP contribution in [0.15, 0.2) is 24.4 Å². The van der Waals surface area contributed by atoms with Crippen LogP contribution < -0.4 is 0 Å². The molecule has 0 unspecified atom stereocenters. The molecule has 104 valence electrons. The first kappa shape index (κ1) is 14.1. The van der Waals surface area contributed by atoms with E-state index in [1.165, 1.54) is 6.07 Å². The average Bonchev–Trinajstić information content (AvgIpc) is 2.40. The van der Waals surface area contributed by atoms with Crippen molar-refractivity contribution in [2.24, 2.45) is 0 Å². The molecule has 0 radical (unpaired) electrons. The van der Waals surface area contributed by atoms with E-state index in [2.05, 4.69) is 9.72 Å². The predicted molar refractivity (Wildman–Crippen MR) is 70.4 cm³/mol. The molecular weight excluding hydrogens is 264 g/mol. The van der Waals surface area contributed by atoms with Crippen molar-refractivity contribution in [3.63, 3.8) is 0 Å². The minimum Gasteiger partial charge on any atom is -0.465 e. The minimum absolute atomic E-state index is 0.134. The summed E-state index contributed by atoms with van der Waals surface area (Å²) in [5.74, 6) is -2.92. The van der Waals surface area contributed by atoms with Crippen LogP contribution in [0.4, 0.5) is 8.78 Å². The number of ether oxygens (including phenoxy) is 1. The second kappa shape index (κ2) is 5.36. The normalized spacial score (nSPS) is 10.4. The van der Waals surface area contributed by atoms with Gasteiger partial charge in [0, 0.05) is 23.0 Å². The molecule has 0 bridgehead atoms. The molecule has 3 nitrogen and oxygen atoms in total. The van der Waals surface area contributed by atoms with Gasteiger partial charge in [-0.3, -0.25) is 4.98 Å². The number of benzene rings is 1. The van der Waals surface area contributed by atoms with Gasteiger partial charge in [0.15, 0.2) is 0 Å². The van der Waals surface area contributed by atoms with Gasteiger partial charge in [-0.15, -0.1) is 0 Å². The molecule has 0 amide bonds. The summed E-state index contributed by atoms with van der Waals surface area (Å²) in [6.45, 7) is 3.52. The van der Waals surface area contributed by atoms with Crippen LogP contribution in [0.5, 0.6) is 0 Å². The molecular formula is C15H13F2NO2. The summed E-state index contributed by atoms with van der Waals surface area (Å²) >= 11 is 0. The van der Waals surface area contributed by atoms with Gasteiger partial charge in [-0.05, 0) is 37.6 Å². The van der Waals surface area contributed by atoms with Crippen molar-refractivity contribution < 1.29 is 18.3 Å². The molecule has 0 aliphatic heterocycles. The Bertz CT molecular complexity index is 664. The van der Waals surface area contributed by atoms with Crippen molar-refractivity contribution in [1.82, 2.24) is 4.98 Å². The smallest absolute Gasteiger partial charge is 0.343 e. The first-order chi connectivity index (χ1) is 9.47. The van der Waals surface area contributed by atoms with Crippen LogP contribution >= 0.6 is 0 Å². The highest BCUT2D eigenvalue weighted by Gasteiger charge is 2.23. The van der Waals surface area contributed by atoms with Crippen molar-refractivity contribution in [3.05, 3.63) is 52.9 Å². The molecule has 0 aliphatic carbocycles. The third-order valence-electron chi connectivity index (χ3n) is 3.10.